The van der Waals surface area contributed by atoms with Gasteiger partial charge in [0, 0.05) is 37.3 Å². The fraction of sp³-hybridized carbons (Fsp3) is 0.737. The van der Waals surface area contributed by atoms with Crippen molar-refractivity contribution in [3.63, 3.8) is 0 Å². The fourth-order valence-corrected chi connectivity index (χ4v) is 3.13. The van der Waals surface area contributed by atoms with Gasteiger partial charge in [0.05, 0.1) is 6.04 Å². The molecule has 2 atom stereocenters. The highest BCUT2D eigenvalue weighted by Crippen LogP contribution is 2.29. The Morgan fingerprint density at radius 3 is 2.37 bits per heavy atom. The molecule has 0 aromatic rings. The van der Waals surface area contributed by atoms with Crippen molar-refractivity contribution in [2.24, 2.45) is 22.4 Å². The summed E-state index contributed by atoms with van der Waals surface area (Å²) in [7, 11) is 1.65. The number of nitrogens with zero attached hydrogens (tertiary/aromatic N) is 2. The van der Waals surface area contributed by atoms with Gasteiger partial charge >= 0.3 is 0 Å². The Hall–Kier alpha value is -2.09. The van der Waals surface area contributed by atoms with E-state index in [1.807, 2.05) is 34.6 Å². The third kappa shape index (κ3) is 6.23. The summed E-state index contributed by atoms with van der Waals surface area (Å²) in [6, 6.07) is -1.13. The van der Waals surface area contributed by atoms with Gasteiger partial charge in [0.25, 0.3) is 0 Å². The van der Waals surface area contributed by atoms with Crippen LogP contribution in [0.5, 0.6) is 0 Å². The Kier molecular flexibility index (Phi) is 7.42. The summed E-state index contributed by atoms with van der Waals surface area (Å²) in [5.74, 6) is 5.11. The number of likely N-dealkylation sites (tertiary alicyclic amines) is 1. The minimum absolute atomic E-state index is 0.111. The number of amides is 2. The Bertz CT molecular complexity index is 593. The van der Waals surface area contributed by atoms with Crippen LogP contribution in [0.4, 0.5) is 0 Å². The smallest absolute Gasteiger partial charge is 0.246 e. The van der Waals surface area contributed by atoms with Crippen molar-refractivity contribution in [3.8, 4) is 0 Å². The van der Waals surface area contributed by atoms with Crippen LogP contribution in [0.25, 0.3) is 0 Å². The molecule has 1 saturated heterocycles. The number of nitrogens with two attached hydrogens (primary N) is 2. The second-order valence-electron chi connectivity index (χ2n) is 9.05. The predicted octanol–water partition coefficient (Wildman–Crippen LogP) is 0.729. The van der Waals surface area contributed by atoms with E-state index in [0.29, 0.717) is 18.7 Å². The van der Waals surface area contributed by atoms with E-state index < -0.39 is 22.9 Å². The Morgan fingerprint density at radius 2 is 1.89 bits per heavy atom. The third-order valence-corrected chi connectivity index (χ3v) is 4.88. The number of allylic oxidation sites excluding steroid dienone is 1. The van der Waals surface area contributed by atoms with Gasteiger partial charge in [-0.1, -0.05) is 34.6 Å². The monoisotopic (exact) mass is 381 g/mol. The number of carbonyl (C=O) groups is 3. The maximum Gasteiger partial charge on any atom is 0.246 e. The number of nitrogens with one attached hydrogen (secondary N) is 1. The first-order valence-corrected chi connectivity index (χ1v) is 9.30. The molecule has 27 heavy (non-hydrogen) atoms. The van der Waals surface area contributed by atoms with E-state index in [2.05, 4.69) is 5.32 Å². The lowest BCUT2D eigenvalue weighted by atomic mass is 9.83. The zero-order valence-electron chi connectivity index (χ0n) is 17.4. The summed E-state index contributed by atoms with van der Waals surface area (Å²) in [6.07, 6.45) is 3.95. The summed E-state index contributed by atoms with van der Waals surface area (Å²) in [5.41, 5.74) is 5.42. The quantitative estimate of drug-likeness (QED) is 0.339. The SMILES string of the molecule is CN(N)/C=C(\N)C(C)(C)CC(=O)N[C@@H](C(=O)N1CCC[C@@H]1C=O)C(C)(C)C. The summed E-state index contributed by atoms with van der Waals surface area (Å²) in [5, 5.41) is 4.21. The highest BCUT2D eigenvalue weighted by atomic mass is 16.2. The van der Waals surface area contributed by atoms with E-state index >= 15 is 0 Å². The molecule has 1 aliphatic rings. The first-order chi connectivity index (χ1) is 12.3. The number of rotatable bonds is 7. The van der Waals surface area contributed by atoms with E-state index in [1.165, 1.54) is 5.01 Å². The third-order valence-electron chi connectivity index (χ3n) is 4.88. The zero-order chi connectivity index (χ0) is 21.0. The van der Waals surface area contributed by atoms with E-state index in [1.54, 1.807) is 18.1 Å². The van der Waals surface area contributed by atoms with Gasteiger partial charge in [-0.2, -0.15) is 0 Å². The molecule has 0 radical (unpaired) electrons. The van der Waals surface area contributed by atoms with Gasteiger partial charge in [0.1, 0.15) is 12.3 Å². The average Bonchev–Trinajstić information content (AvgIpc) is 2.98. The second-order valence-corrected chi connectivity index (χ2v) is 9.05. The lowest BCUT2D eigenvalue weighted by Gasteiger charge is -2.35. The van der Waals surface area contributed by atoms with Crippen LogP contribution in [0.1, 0.15) is 53.9 Å². The summed E-state index contributed by atoms with van der Waals surface area (Å²) in [6.45, 7) is 9.91. The molecule has 0 aromatic heterocycles. The van der Waals surface area contributed by atoms with Crippen molar-refractivity contribution in [1.29, 1.82) is 0 Å². The van der Waals surface area contributed by atoms with Crippen LogP contribution >= 0.6 is 0 Å². The molecule has 0 unspecified atom stereocenters. The minimum atomic E-state index is -0.719. The van der Waals surface area contributed by atoms with Crippen molar-refractivity contribution in [1.82, 2.24) is 15.2 Å². The molecule has 2 amide bonds. The van der Waals surface area contributed by atoms with Gasteiger partial charge in [-0.05, 0) is 18.3 Å². The van der Waals surface area contributed by atoms with Crippen LogP contribution in [0.15, 0.2) is 11.9 Å². The second kappa shape index (κ2) is 8.73. The van der Waals surface area contributed by atoms with Crippen LogP contribution in [0, 0.1) is 10.8 Å². The molecule has 1 fully saturated rings. The van der Waals surface area contributed by atoms with Crippen molar-refractivity contribution >= 4 is 18.1 Å². The highest BCUT2D eigenvalue weighted by molar-refractivity contribution is 5.90. The maximum absolute atomic E-state index is 13.0. The maximum atomic E-state index is 13.0. The minimum Gasteiger partial charge on any atom is -0.400 e. The lowest BCUT2D eigenvalue weighted by molar-refractivity contribution is -0.141. The van der Waals surface area contributed by atoms with Crippen LogP contribution in [-0.2, 0) is 14.4 Å². The zero-order valence-corrected chi connectivity index (χ0v) is 17.4. The Labute approximate surface area is 162 Å². The molecule has 0 aromatic carbocycles. The molecule has 0 bridgehead atoms. The van der Waals surface area contributed by atoms with Gasteiger partial charge in [0.2, 0.25) is 11.8 Å². The molecule has 5 N–H and O–H groups in total. The normalized spacial score (nSPS) is 19.6. The van der Waals surface area contributed by atoms with Gasteiger partial charge < -0.3 is 25.8 Å². The number of hydrogen-bond acceptors (Lipinski definition) is 6. The van der Waals surface area contributed by atoms with Gasteiger partial charge in [0.15, 0.2) is 0 Å². The van der Waals surface area contributed by atoms with Gasteiger partial charge in [-0.25, -0.2) is 5.84 Å². The van der Waals surface area contributed by atoms with Gasteiger partial charge in [-0.15, -0.1) is 0 Å². The number of hydrogen-bond donors (Lipinski definition) is 3. The average molecular weight is 382 g/mol. The number of aldehydes is 1. The molecule has 1 aliphatic heterocycles. The molecule has 1 heterocycles. The van der Waals surface area contributed by atoms with Gasteiger partial charge in [-0.3, -0.25) is 9.59 Å². The standard InChI is InChI=1S/C19H35N5O3/c1-18(2,3)16(17(27)24-9-7-8-13(24)12-25)22-15(26)10-19(4,5)14(20)11-23(6)21/h11-13,16H,7-10,20-21H2,1-6H3,(H,22,26)/b14-11-/t13-,16+/m1/s1. The fourth-order valence-electron chi connectivity index (χ4n) is 3.13. The van der Waals surface area contributed by atoms with Crippen molar-refractivity contribution < 1.29 is 14.4 Å². The van der Waals surface area contributed by atoms with E-state index in [0.717, 1.165) is 12.7 Å². The molecule has 0 spiro atoms. The van der Waals surface area contributed by atoms with Crippen LogP contribution in [-0.4, -0.2) is 53.7 Å². The topological polar surface area (TPSA) is 122 Å². The molecule has 8 nitrogen and oxygen atoms in total. The Morgan fingerprint density at radius 1 is 1.30 bits per heavy atom. The predicted molar refractivity (Wildman–Crippen MR) is 105 cm³/mol. The van der Waals surface area contributed by atoms with E-state index in [4.69, 9.17) is 11.6 Å². The first kappa shape index (κ1) is 23.0. The highest BCUT2D eigenvalue weighted by Gasteiger charge is 2.40. The van der Waals surface area contributed by atoms with Crippen molar-refractivity contribution in [2.45, 2.75) is 66.0 Å². The van der Waals surface area contributed by atoms with Crippen LogP contribution < -0.4 is 16.9 Å². The number of carbonyl (C=O) groups excluding carboxylic acids is 3. The summed E-state index contributed by atoms with van der Waals surface area (Å²) >= 11 is 0. The first-order valence-electron chi connectivity index (χ1n) is 9.30. The lowest BCUT2D eigenvalue weighted by Crippen LogP contribution is -2.56. The van der Waals surface area contributed by atoms with E-state index in [9.17, 15) is 14.4 Å². The largest absolute Gasteiger partial charge is 0.400 e. The summed E-state index contributed by atoms with van der Waals surface area (Å²) in [4.78, 5) is 38.6. The van der Waals surface area contributed by atoms with Crippen LogP contribution in [0.3, 0.4) is 0 Å². The summed E-state index contributed by atoms with van der Waals surface area (Å²) < 4.78 is 0. The molecular formula is C19H35N5O3. The number of hydrazine groups is 1. The molecule has 1 rings (SSSR count). The Balaban J connectivity index is 2.93. The molecule has 8 heteroatoms. The molecular weight excluding hydrogens is 346 g/mol. The van der Waals surface area contributed by atoms with Crippen LogP contribution in [0.2, 0.25) is 0 Å². The van der Waals surface area contributed by atoms with E-state index in [-0.39, 0.29) is 18.2 Å². The molecule has 0 saturated carbocycles. The molecule has 154 valence electrons. The molecule has 0 aliphatic carbocycles. The van der Waals surface area contributed by atoms with Crippen molar-refractivity contribution in [2.75, 3.05) is 13.6 Å². The van der Waals surface area contributed by atoms with Crippen molar-refractivity contribution in [3.05, 3.63) is 11.9 Å².